The van der Waals surface area contributed by atoms with Crippen molar-refractivity contribution in [2.45, 2.75) is 31.6 Å². The number of ether oxygens (including phenoxy) is 1. The molecule has 0 aromatic carbocycles. The molecule has 3 heterocycles. The number of likely N-dealkylation sites (tertiary alicyclic amines) is 1. The highest BCUT2D eigenvalue weighted by atomic mass is 19.4. The van der Waals surface area contributed by atoms with E-state index in [0.717, 1.165) is 38.0 Å². The molecule has 6 nitrogen and oxygen atoms in total. The van der Waals surface area contributed by atoms with Crippen LogP contribution < -0.4 is 10.1 Å². The molecule has 1 aliphatic rings. The van der Waals surface area contributed by atoms with Gasteiger partial charge < -0.3 is 10.1 Å². The van der Waals surface area contributed by atoms with Crippen LogP contribution in [0.5, 0.6) is 5.88 Å². The molecule has 0 aliphatic carbocycles. The number of nitrogens with one attached hydrogen (secondary N) is 1. The average Bonchev–Trinajstić information content (AvgIpc) is 2.68. The Kier molecular flexibility index (Phi) is 6.45. The Balaban J connectivity index is 1.44. The van der Waals surface area contributed by atoms with Crippen LogP contribution in [0.25, 0.3) is 0 Å². The van der Waals surface area contributed by atoms with Gasteiger partial charge in [0.15, 0.2) is 6.61 Å². The third-order valence-corrected chi connectivity index (χ3v) is 4.43. The van der Waals surface area contributed by atoms with Crippen molar-refractivity contribution in [2.24, 2.45) is 0 Å². The van der Waals surface area contributed by atoms with E-state index in [-0.39, 0.29) is 23.4 Å². The fraction of sp³-hybridized carbons (Fsp3) is 0.421. The highest BCUT2D eigenvalue weighted by Gasteiger charge is 2.28. The summed E-state index contributed by atoms with van der Waals surface area (Å²) in [5.41, 5.74) is 1.45. The minimum atomic E-state index is -4.43. The van der Waals surface area contributed by atoms with Crippen molar-refractivity contribution in [3.05, 3.63) is 54.0 Å². The summed E-state index contributed by atoms with van der Waals surface area (Å²) in [5.74, 6) is -0.460. The number of carbonyl (C=O) groups is 1. The zero-order chi connectivity index (χ0) is 20.0. The van der Waals surface area contributed by atoms with E-state index < -0.39 is 12.8 Å². The van der Waals surface area contributed by atoms with Crippen LogP contribution in [-0.2, 0) is 6.54 Å². The second-order valence-corrected chi connectivity index (χ2v) is 6.67. The van der Waals surface area contributed by atoms with Gasteiger partial charge in [-0.15, -0.1) is 0 Å². The maximum atomic E-state index is 12.3. The van der Waals surface area contributed by atoms with Gasteiger partial charge in [0.2, 0.25) is 5.88 Å². The summed E-state index contributed by atoms with van der Waals surface area (Å²) >= 11 is 0. The zero-order valence-corrected chi connectivity index (χ0v) is 15.2. The van der Waals surface area contributed by atoms with Gasteiger partial charge in [0.25, 0.3) is 5.91 Å². The van der Waals surface area contributed by atoms with Crippen LogP contribution in [0.4, 0.5) is 13.2 Å². The predicted molar refractivity (Wildman–Crippen MR) is 95.8 cm³/mol. The Labute approximate surface area is 160 Å². The molecule has 0 unspecified atom stereocenters. The lowest BCUT2D eigenvalue weighted by Gasteiger charge is -2.32. The summed E-state index contributed by atoms with van der Waals surface area (Å²) in [7, 11) is 0. The van der Waals surface area contributed by atoms with E-state index in [4.69, 9.17) is 0 Å². The van der Waals surface area contributed by atoms with Crippen molar-refractivity contribution < 1.29 is 22.7 Å². The number of carbonyl (C=O) groups excluding carboxylic acids is 1. The highest BCUT2D eigenvalue weighted by Crippen LogP contribution is 2.18. The van der Waals surface area contributed by atoms with Crippen molar-refractivity contribution in [1.82, 2.24) is 20.2 Å². The molecule has 1 aliphatic heterocycles. The van der Waals surface area contributed by atoms with Crippen LogP contribution in [0.2, 0.25) is 0 Å². The molecule has 1 saturated heterocycles. The standard InChI is InChI=1S/C19H21F3N4O2/c20-19(21,22)13-28-17-4-3-15(11-24-17)18(27)25-16-5-8-26(9-6-16)12-14-2-1-7-23-10-14/h1-4,7,10-11,16H,5-6,8-9,12-13H2,(H,25,27). The summed E-state index contributed by atoms with van der Waals surface area (Å²) in [6.07, 6.45) is 2.04. The van der Waals surface area contributed by atoms with Gasteiger partial charge in [-0.2, -0.15) is 13.2 Å². The number of nitrogens with zero attached hydrogens (tertiary/aromatic N) is 3. The Morgan fingerprint density at radius 3 is 2.61 bits per heavy atom. The third kappa shape index (κ3) is 6.19. The topological polar surface area (TPSA) is 67.4 Å². The van der Waals surface area contributed by atoms with Gasteiger partial charge in [-0.3, -0.25) is 14.7 Å². The monoisotopic (exact) mass is 394 g/mol. The van der Waals surface area contributed by atoms with Crippen LogP contribution in [-0.4, -0.2) is 52.7 Å². The largest absolute Gasteiger partial charge is 0.468 e. The number of piperidine rings is 1. The Morgan fingerprint density at radius 2 is 2.00 bits per heavy atom. The normalized spacial score (nSPS) is 16.0. The number of hydrogen-bond donors (Lipinski definition) is 1. The molecule has 2 aromatic heterocycles. The molecular weight excluding hydrogens is 373 g/mol. The van der Waals surface area contributed by atoms with Crippen molar-refractivity contribution >= 4 is 5.91 Å². The summed E-state index contributed by atoms with van der Waals surface area (Å²) in [6, 6.07) is 6.67. The van der Waals surface area contributed by atoms with Crippen molar-refractivity contribution in [2.75, 3.05) is 19.7 Å². The van der Waals surface area contributed by atoms with Crippen LogP contribution >= 0.6 is 0 Å². The number of halogens is 3. The van der Waals surface area contributed by atoms with E-state index in [1.165, 1.54) is 18.3 Å². The van der Waals surface area contributed by atoms with Gasteiger partial charge in [0.1, 0.15) is 0 Å². The van der Waals surface area contributed by atoms with Gasteiger partial charge in [0.05, 0.1) is 5.56 Å². The zero-order valence-electron chi connectivity index (χ0n) is 15.2. The van der Waals surface area contributed by atoms with E-state index in [2.05, 4.69) is 24.9 Å². The maximum Gasteiger partial charge on any atom is 0.422 e. The molecule has 0 saturated carbocycles. The molecular formula is C19H21F3N4O2. The maximum absolute atomic E-state index is 12.3. The average molecular weight is 394 g/mol. The lowest BCUT2D eigenvalue weighted by atomic mass is 10.0. The van der Waals surface area contributed by atoms with Crippen LogP contribution in [0.15, 0.2) is 42.9 Å². The van der Waals surface area contributed by atoms with Gasteiger partial charge in [-0.05, 0) is 30.5 Å². The molecule has 0 radical (unpaired) electrons. The second-order valence-electron chi connectivity index (χ2n) is 6.67. The Hall–Kier alpha value is -2.68. The lowest BCUT2D eigenvalue weighted by Crippen LogP contribution is -2.44. The van der Waals surface area contributed by atoms with Crippen LogP contribution in [0.1, 0.15) is 28.8 Å². The predicted octanol–water partition coefficient (Wildman–Crippen LogP) is 2.81. The smallest absolute Gasteiger partial charge is 0.422 e. The number of alkyl halides is 3. The number of pyridine rings is 2. The molecule has 1 N–H and O–H groups in total. The Morgan fingerprint density at radius 1 is 1.21 bits per heavy atom. The van der Waals surface area contributed by atoms with Gasteiger partial charge in [-0.1, -0.05) is 6.07 Å². The minimum absolute atomic E-state index is 0.0544. The first kappa shape index (κ1) is 20.1. The number of aromatic nitrogens is 2. The second kappa shape index (κ2) is 9.01. The number of amides is 1. The molecule has 28 heavy (non-hydrogen) atoms. The molecule has 0 bridgehead atoms. The summed E-state index contributed by atoms with van der Waals surface area (Å²) in [6.45, 7) is 1.14. The minimum Gasteiger partial charge on any atom is -0.468 e. The lowest BCUT2D eigenvalue weighted by molar-refractivity contribution is -0.154. The van der Waals surface area contributed by atoms with Gasteiger partial charge >= 0.3 is 6.18 Å². The Bertz CT molecular complexity index is 761. The molecule has 9 heteroatoms. The number of rotatable bonds is 6. The van der Waals surface area contributed by atoms with Crippen molar-refractivity contribution in [1.29, 1.82) is 0 Å². The summed E-state index contributed by atoms with van der Waals surface area (Å²) in [4.78, 5) is 22.5. The molecule has 2 aromatic rings. The van der Waals surface area contributed by atoms with Gasteiger partial charge in [-0.25, -0.2) is 4.98 Å². The first-order chi connectivity index (χ1) is 13.4. The molecule has 0 spiro atoms. The molecule has 150 valence electrons. The van der Waals surface area contributed by atoms with Gasteiger partial charge in [0, 0.05) is 50.3 Å². The van der Waals surface area contributed by atoms with E-state index in [0.29, 0.717) is 0 Å². The van der Waals surface area contributed by atoms with E-state index in [1.807, 2.05) is 18.3 Å². The van der Waals surface area contributed by atoms with Crippen LogP contribution in [0.3, 0.4) is 0 Å². The fourth-order valence-electron chi connectivity index (χ4n) is 3.01. The highest BCUT2D eigenvalue weighted by molar-refractivity contribution is 5.94. The molecule has 0 atom stereocenters. The van der Waals surface area contributed by atoms with Crippen LogP contribution in [0, 0.1) is 0 Å². The third-order valence-electron chi connectivity index (χ3n) is 4.43. The molecule has 1 fully saturated rings. The quantitative estimate of drug-likeness (QED) is 0.816. The van der Waals surface area contributed by atoms with E-state index in [9.17, 15) is 18.0 Å². The first-order valence-corrected chi connectivity index (χ1v) is 8.97. The fourth-order valence-corrected chi connectivity index (χ4v) is 3.01. The van der Waals surface area contributed by atoms with E-state index >= 15 is 0 Å². The SMILES string of the molecule is O=C(NC1CCN(Cc2cccnc2)CC1)c1ccc(OCC(F)(F)F)nc1. The number of hydrogen-bond acceptors (Lipinski definition) is 5. The molecule has 3 rings (SSSR count). The van der Waals surface area contributed by atoms with E-state index in [1.54, 1.807) is 6.20 Å². The van der Waals surface area contributed by atoms with Crippen molar-refractivity contribution in [3.63, 3.8) is 0 Å². The van der Waals surface area contributed by atoms with Crippen molar-refractivity contribution in [3.8, 4) is 5.88 Å². The summed E-state index contributed by atoms with van der Waals surface area (Å²) in [5, 5.41) is 2.96. The first-order valence-electron chi connectivity index (χ1n) is 8.97. The summed E-state index contributed by atoms with van der Waals surface area (Å²) < 4.78 is 40.9. The molecule has 1 amide bonds.